The Balaban J connectivity index is 1.65. The maximum Gasteiger partial charge on any atom is 0.275 e. The molecule has 0 saturated heterocycles. The van der Waals surface area contributed by atoms with Crippen LogP contribution in [0.1, 0.15) is 5.76 Å². The predicted molar refractivity (Wildman–Crippen MR) is 107 cm³/mol. The van der Waals surface area contributed by atoms with E-state index in [0.29, 0.717) is 15.3 Å². The van der Waals surface area contributed by atoms with Crippen molar-refractivity contribution in [1.29, 1.82) is 0 Å². The van der Waals surface area contributed by atoms with Crippen LogP contribution in [-0.2, 0) is 0 Å². The van der Waals surface area contributed by atoms with E-state index in [1.807, 2.05) is 60.7 Å². The van der Waals surface area contributed by atoms with E-state index in [-0.39, 0.29) is 5.56 Å². The molecule has 0 N–H and O–H groups in total. The van der Waals surface area contributed by atoms with E-state index in [4.69, 9.17) is 4.42 Å². The fraction of sp³-hybridized carbons (Fsp3) is 0. The van der Waals surface area contributed by atoms with E-state index in [2.05, 4.69) is 20.9 Å². The van der Waals surface area contributed by atoms with Gasteiger partial charge in [-0.1, -0.05) is 57.6 Å². The molecule has 0 atom stereocenters. The first-order valence-electron chi connectivity index (χ1n) is 7.97. The summed E-state index contributed by atoms with van der Waals surface area (Å²) in [5.41, 5.74) is 2.56. The molecule has 0 unspecified atom stereocenters. The van der Waals surface area contributed by atoms with Gasteiger partial charge in [-0.2, -0.15) is 0 Å². The van der Waals surface area contributed by atoms with Crippen molar-refractivity contribution in [2.45, 2.75) is 0 Å². The average molecular weight is 423 g/mol. The molecule has 0 amide bonds. The third-order valence-corrected chi connectivity index (χ3v) is 5.84. The van der Waals surface area contributed by atoms with Gasteiger partial charge in [0, 0.05) is 16.1 Å². The van der Waals surface area contributed by atoms with Crippen molar-refractivity contribution in [2.24, 2.45) is 0 Å². The SMILES string of the molecule is O=c1/c(=C\c2ccc(-c3ccccc3Br)o2)sc2nc3ccccc3n12. The van der Waals surface area contributed by atoms with Gasteiger partial charge >= 0.3 is 0 Å². The first-order valence-corrected chi connectivity index (χ1v) is 9.58. The van der Waals surface area contributed by atoms with Crippen molar-refractivity contribution in [3.63, 3.8) is 0 Å². The fourth-order valence-electron chi connectivity index (χ4n) is 2.98. The van der Waals surface area contributed by atoms with Crippen molar-refractivity contribution >= 4 is 49.3 Å². The minimum Gasteiger partial charge on any atom is -0.457 e. The minimum absolute atomic E-state index is 0.0717. The molecular formula is C20H11BrN2O2S. The van der Waals surface area contributed by atoms with Crippen LogP contribution in [0, 0.1) is 0 Å². The Morgan fingerprint density at radius 2 is 1.85 bits per heavy atom. The number of hydrogen-bond donors (Lipinski definition) is 0. The van der Waals surface area contributed by atoms with Gasteiger partial charge in [0.1, 0.15) is 16.1 Å². The number of imidazole rings is 1. The lowest BCUT2D eigenvalue weighted by Crippen LogP contribution is -2.22. The number of halogens is 1. The molecule has 0 aliphatic carbocycles. The molecule has 0 fully saturated rings. The molecule has 3 aromatic heterocycles. The van der Waals surface area contributed by atoms with Crippen molar-refractivity contribution < 1.29 is 4.42 Å². The number of nitrogens with zero attached hydrogens (tertiary/aromatic N) is 2. The summed E-state index contributed by atoms with van der Waals surface area (Å²) in [6.07, 6.45) is 1.77. The lowest BCUT2D eigenvalue weighted by Gasteiger charge is -1.99. The highest BCUT2D eigenvalue weighted by atomic mass is 79.9. The molecule has 0 spiro atoms. The Morgan fingerprint density at radius 1 is 1.04 bits per heavy atom. The normalized spacial score (nSPS) is 12.4. The summed E-state index contributed by atoms with van der Waals surface area (Å²) < 4.78 is 9.15. The van der Waals surface area contributed by atoms with E-state index in [1.54, 1.807) is 10.5 Å². The van der Waals surface area contributed by atoms with Crippen LogP contribution in [0.4, 0.5) is 0 Å². The number of thiazole rings is 1. The van der Waals surface area contributed by atoms with Gasteiger partial charge < -0.3 is 4.42 Å². The highest BCUT2D eigenvalue weighted by Crippen LogP contribution is 2.29. The molecule has 0 aliphatic heterocycles. The van der Waals surface area contributed by atoms with Gasteiger partial charge in [-0.15, -0.1) is 0 Å². The first-order chi connectivity index (χ1) is 12.7. The van der Waals surface area contributed by atoms with Crippen molar-refractivity contribution in [2.75, 3.05) is 0 Å². The molecule has 3 heterocycles. The second-order valence-electron chi connectivity index (χ2n) is 5.82. The molecular weight excluding hydrogens is 412 g/mol. The monoisotopic (exact) mass is 422 g/mol. The number of rotatable bonds is 2. The Kier molecular flexibility index (Phi) is 3.55. The number of benzene rings is 2. The number of furan rings is 1. The maximum absolute atomic E-state index is 12.8. The Hall–Kier alpha value is -2.70. The third kappa shape index (κ3) is 2.41. The van der Waals surface area contributed by atoms with E-state index in [1.165, 1.54) is 11.3 Å². The van der Waals surface area contributed by atoms with E-state index >= 15 is 0 Å². The highest BCUT2D eigenvalue weighted by Gasteiger charge is 2.11. The van der Waals surface area contributed by atoms with Crippen LogP contribution in [0.5, 0.6) is 0 Å². The molecule has 6 heteroatoms. The number of para-hydroxylation sites is 2. The summed E-state index contributed by atoms with van der Waals surface area (Å²) in [5, 5.41) is 0. The van der Waals surface area contributed by atoms with Crippen molar-refractivity contribution in [3.8, 4) is 11.3 Å². The molecule has 0 radical (unpaired) electrons. The van der Waals surface area contributed by atoms with Gasteiger partial charge in [0.25, 0.3) is 5.56 Å². The Morgan fingerprint density at radius 3 is 2.73 bits per heavy atom. The quantitative estimate of drug-likeness (QED) is 0.421. The standard InChI is InChI=1S/C20H11BrN2O2S/c21-14-6-2-1-5-13(14)17-10-9-12(25-17)11-18-19(24)23-16-8-4-3-7-15(16)22-20(23)26-18/h1-11H/b18-11+. The molecule has 2 aromatic carbocycles. The topological polar surface area (TPSA) is 47.5 Å². The number of hydrogen-bond acceptors (Lipinski definition) is 4. The summed E-state index contributed by atoms with van der Waals surface area (Å²) in [6.45, 7) is 0. The van der Waals surface area contributed by atoms with Gasteiger partial charge in [-0.3, -0.25) is 4.79 Å². The molecule has 5 rings (SSSR count). The van der Waals surface area contributed by atoms with Crippen LogP contribution >= 0.6 is 27.3 Å². The van der Waals surface area contributed by atoms with Crippen LogP contribution in [0.15, 0.2) is 74.3 Å². The summed E-state index contributed by atoms with van der Waals surface area (Å²) in [6, 6.07) is 19.3. The second kappa shape index (κ2) is 5.93. The van der Waals surface area contributed by atoms with Gasteiger partial charge in [0.2, 0.25) is 0 Å². The molecule has 0 bridgehead atoms. The van der Waals surface area contributed by atoms with Crippen LogP contribution in [0.25, 0.3) is 33.4 Å². The Labute approximate surface area is 160 Å². The van der Waals surface area contributed by atoms with E-state index in [0.717, 1.165) is 26.8 Å². The van der Waals surface area contributed by atoms with Crippen molar-refractivity contribution in [1.82, 2.24) is 9.38 Å². The molecule has 0 aliphatic rings. The first kappa shape index (κ1) is 15.5. The number of aromatic nitrogens is 2. The largest absolute Gasteiger partial charge is 0.457 e. The van der Waals surface area contributed by atoms with Gasteiger partial charge in [-0.25, -0.2) is 9.38 Å². The van der Waals surface area contributed by atoms with Gasteiger partial charge in [-0.05, 0) is 30.3 Å². The molecule has 0 saturated carbocycles. The third-order valence-electron chi connectivity index (χ3n) is 4.18. The zero-order valence-electron chi connectivity index (χ0n) is 13.3. The summed E-state index contributed by atoms with van der Waals surface area (Å²) in [7, 11) is 0. The maximum atomic E-state index is 12.8. The summed E-state index contributed by atoms with van der Waals surface area (Å²) >= 11 is 4.90. The van der Waals surface area contributed by atoms with E-state index in [9.17, 15) is 4.79 Å². The van der Waals surface area contributed by atoms with E-state index < -0.39 is 0 Å². The molecule has 4 nitrogen and oxygen atoms in total. The minimum atomic E-state index is -0.0717. The van der Waals surface area contributed by atoms with Crippen LogP contribution in [0.2, 0.25) is 0 Å². The van der Waals surface area contributed by atoms with Crippen molar-refractivity contribution in [3.05, 3.63) is 85.8 Å². The highest BCUT2D eigenvalue weighted by molar-refractivity contribution is 9.10. The lowest BCUT2D eigenvalue weighted by atomic mass is 10.2. The molecule has 126 valence electrons. The molecule has 5 aromatic rings. The van der Waals surface area contributed by atoms with Crippen LogP contribution in [0.3, 0.4) is 0 Å². The van der Waals surface area contributed by atoms with Gasteiger partial charge in [0.15, 0.2) is 4.96 Å². The van der Waals surface area contributed by atoms with Gasteiger partial charge in [0.05, 0.1) is 11.0 Å². The van der Waals surface area contributed by atoms with Crippen LogP contribution in [-0.4, -0.2) is 9.38 Å². The number of fused-ring (bicyclic) bond motifs is 3. The average Bonchev–Trinajstić information content (AvgIpc) is 3.32. The van der Waals surface area contributed by atoms with Crippen LogP contribution < -0.4 is 10.1 Å². The smallest absolute Gasteiger partial charge is 0.275 e. The summed E-state index contributed by atoms with van der Waals surface area (Å²) in [4.78, 5) is 18.0. The summed E-state index contributed by atoms with van der Waals surface area (Å²) in [5.74, 6) is 1.39. The fourth-order valence-corrected chi connectivity index (χ4v) is 4.42. The second-order valence-corrected chi connectivity index (χ2v) is 7.68. The molecule has 26 heavy (non-hydrogen) atoms. The zero-order chi connectivity index (χ0) is 17.7. The zero-order valence-corrected chi connectivity index (χ0v) is 15.8. The Bertz CT molecular complexity index is 1380. The lowest BCUT2D eigenvalue weighted by molar-refractivity contribution is 0.571. The predicted octanol–water partition coefficient (Wildman–Crippen LogP) is 4.48.